The number of benzene rings is 1. The first-order valence-corrected chi connectivity index (χ1v) is 6.67. The number of nitrogens with one attached hydrogen (secondary N) is 1. The lowest BCUT2D eigenvalue weighted by molar-refractivity contribution is 0.806. The molecule has 0 aliphatic heterocycles. The summed E-state index contributed by atoms with van der Waals surface area (Å²) in [5.41, 5.74) is 8.17. The number of aromatic amines is 1. The molecule has 6 nitrogen and oxygen atoms in total. The van der Waals surface area contributed by atoms with Crippen LogP contribution in [-0.4, -0.2) is 19.7 Å². The van der Waals surface area contributed by atoms with Crippen molar-refractivity contribution in [1.29, 1.82) is 0 Å². The van der Waals surface area contributed by atoms with Crippen LogP contribution in [0.3, 0.4) is 0 Å². The van der Waals surface area contributed by atoms with Crippen molar-refractivity contribution in [2.75, 3.05) is 5.73 Å². The number of hydrogen-bond acceptors (Lipinski definition) is 4. The van der Waals surface area contributed by atoms with Gasteiger partial charge < -0.3 is 10.7 Å². The van der Waals surface area contributed by atoms with Crippen LogP contribution in [0.1, 0.15) is 12.7 Å². The Morgan fingerprint density at radius 2 is 2.00 bits per heavy atom. The highest BCUT2D eigenvalue weighted by Gasteiger charge is 2.06. The van der Waals surface area contributed by atoms with E-state index < -0.39 is 0 Å². The Bertz CT molecular complexity index is 817. The zero-order valence-corrected chi connectivity index (χ0v) is 11.6. The standard InChI is InChI=1S/C15H15N5O/c1-2-13-18-14(7-15(21)19-13)20-9-11(8-17-20)10-3-5-12(16)6-4-10/h3-9H,2,16H2,1H3,(H,18,19,21). The number of hydrogen-bond donors (Lipinski definition) is 2. The second kappa shape index (κ2) is 5.24. The Kier molecular flexibility index (Phi) is 3.27. The molecule has 0 saturated carbocycles. The van der Waals surface area contributed by atoms with E-state index in [4.69, 9.17) is 5.73 Å². The van der Waals surface area contributed by atoms with E-state index in [1.807, 2.05) is 37.4 Å². The second-order valence-electron chi connectivity index (χ2n) is 4.70. The summed E-state index contributed by atoms with van der Waals surface area (Å²) < 4.78 is 1.60. The van der Waals surface area contributed by atoms with Gasteiger partial charge in [0.05, 0.1) is 6.20 Å². The first kappa shape index (κ1) is 13.1. The molecular formula is C15H15N5O. The maximum Gasteiger partial charge on any atom is 0.253 e. The van der Waals surface area contributed by atoms with Crippen LogP contribution < -0.4 is 11.3 Å². The van der Waals surface area contributed by atoms with E-state index in [0.717, 1.165) is 16.8 Å². The zero-order chi connectivity index (χ0) is 14.8. The normalized spacial score (nSPS) is 10.7. The molecule has 0 unspecified atom stereocenters. The Morgan fingerprint density at radius 3 is 2.71 bits per heavy atom. The van der Waals surface area contributed by atoms with Crippen LogP contribution in [0.5, 0.6) is 0 Å². The molecule has 21 heavy (non-hydrogen) atoms. The molecule has 0 aliphatic carbocycles. The first-order valence-electron chi connectivity index (χ1n) is 6.67. The van der Waals surface area contributed by atoms with E-state index in [9.17, 15) is 4.79 Å². The van der Waals surface area contributed by atoms with Gasteiger partial charge in [-0.1, -0.05) is 19.1 Å². The molecule has 0 saturated heterocycles. The average Bonchev–Trinajstić information content (AvgIpc) is 2.97. The van der Waals surface area contributed by atoms with Gasteiger partial charge in [-0.2, -0.15) is 5.10 Å². The van der Waals surface area contributed by atoms with Crippen LogP contribution in [-0.2, 0) is 6.42 Å². The van der Waals surface area contributed by atoms with Crippen LogP contribution in [0.2, 0.25) is 0 Å². The van der Waals surface area contributed by atoms with Gasteiger partial charge in [0.2, 0.25) is 0 Å². The maximum absolute atomic E-state index is 11.6. The minimum Gasteiger partial charge on any atom is -0.399 e. The average molecular weight is 281 g/mol. The van der Waals surface area contributed by atoms with Crippen molar-refractivity contribution in [1.82, 2.24) is 19.7 Å². The monoisotopic (exact) mass is 281 g/mol. The number of anilines is 1. The van der Waals surface area contributed by atoms with Gasteiger partial charge >= 0.3 is 0 Å². The molecule has 1 aromatic carbocycles. The topological polar surface area (TPSA) is 89.6 Å². The number of rotatable bonds is 3. The molecule has 3 N–H and O–H groups in total. The third-order valence-electron chi connectivity index (χ3n) is 3.17. The third-order valence-corrected chi connectivity index (χ3v) is 3.17. The molecule has 0 spiro atoms. The summed E-state index contributed by atoms with van der Waals surface area (Å²) in [7, 11) is 0. The van der Waals surface area contributed by atoms with Gasteiger partial charge in [0, 0.05) is 29.9 Å². The zero-order valence-electron chi connectivity index (χ0n) is 11.6. The highest BCUT2D eigenvalue weighted by atomic mass is 16.1. The lowest BCUT2D eigenvalue weighted by atomic mass is 10.1. The molecule has 6 heteroatoms. The number of nitrogen functional groups attached to an aromatic ring is 1. The Balaban J connectivity index is 2.00. The van der Waals surface area contributed by atoms with Crippen molar-refractivity contribution in [3.05, 3.63) is 58.9 Å². The number of nitrogens with two attached hydrogens (primary N) is 1. The molecule has 0 fully saturated rings. The fourth-order valence-electron chi connectivity index (χ4n) is 2.05. The number of nitrogens with zero attached hydrogens (tertiary/aromatic N) is 3. The highest BCUT2D eigenvalue weighted by Crippen LogP contribution is 2.20. The van der Waals surface area contributed by atoms with Crippen molar-refractivity contribution in [2.24, 2.45) is 0 Å². The van der Waals surface area contributed by atoms with E-state index in [-0.39, 0.29) is 5.56 Å². The van der Waals surface area contributed by atoms with Crippen LogP contribution in [0, 0.1) is 0 Å². The predicted octanol–water partition coefficient (Wildman–Crippen LogP) is 1.77. The fourth-order valence-corrected chi connectivity index (χ4v) is 2.05. The molecule has 3 rings (SSSR count). The van der Waals surface area contributed by atoms with Crippen molar-refractivity contribution in [3.8, 4) is 16.9 Å². The summed E-state index contributed by atoms with van der Waals surface area (Å²) in [5.74, 6) is 1.15. The quantitative estimate of drug-likeness (QED) is 0.716. The number of aromatic nitrogens is 4. The molecule has 0 amide bonds. The Labute approximate surface area is 121 Å². The van der Waals surface area contributed by atoms with Gasteiger partial charge in [-0.15, -0.1) is 0 Å². The smallest absolute Gasteiger partial charge is 0.253 e. The molecule has 2 aromatic heterocycles. The van der Waals surface area contributed by atoms with E-state index in [1.165, 1.54) is 6.07 Å². The lowest BCUT2D eigenvalue weighted by Gasteiger charge is -2.02. The number of aryl methyl sites for hydroxylation is 1. The third kappa shape index (κ3) is 2.69. The SMILES string of the molecule is CCc1nc(-n2cc(-c3ccc(N)cc3)cn2)cc(=O)[nH]1. The Morgan fingerprint density at radius 1 is 1.24 bits per heavy atom. The van der Waals surface area contributed by atoms with Gasteiger partial charge in [-0.05, 0) is 17.7 Å². The minimum absolute atomic E-state index is 0.179. The van der Waals surface area contributed by atoms with Crippen molar-refractivity contribution in [3.63, 3.8) is 0 Å². The minimum atomic E-state index is -0.179. The maximum atomic E-state index is 11.6. The summed E-state index contributed by atoms with van der Waals surface area (Å²) in [5, 5.41) is 4.27. The molecule has 2 heterocycles. The van der Waals surface area contributed by atoms with Crippen molar-refractivity contribution >= 4 is 5.69 Å². The summed E-state index contributed by atoms with van der Waals surface area (Å²) in [6.07, 6.45) is 4.24. The molecule has 0 aliphatic rings. The van der Waals surface area contributed by atoms with E-state index in [0.29, 0.717) is 18.1 Å². The van der Waals surface area contributed by atoms with Crippen LogP contribution in [0.4, 0.5) is 5.69 Å². The van der Waals surface area contributed by atoms with Crippen LogP contribution in [0.25, 0.3) is 16.9 Å². The fraction of sp³-hybridized carbons (Fsp3) is 0.133. The summed E-state index contributed by atoms with van der Waals surface area (Å²) >= 11 is 0. The predicted molar refractivity (Wildman–Crippen MR) is 81.2 cm³/mol. The van der Waals surface area contributed by atoms with Gasteiger partial charge in [0.15, 0.2) is 5.82 Å². The van der Waals surface area contributed by atoms with Gasteiger partial charge in [-0.3, -0.25) is 4.79 Å². The van der Waals surface area contributed by atoms with E-state index >= 15 is 0 Å². The Hall–Kier alpha value is -2.89. The number of H-pyrrole nitrogens is 1. The van der Waals surface area contributed by atoms with Crippen molar-refractivity contribution < 1.29 is 0 Å². The molecule has 0 atom stereocenters. The van der Waals surface area contributed by atoms with Gasteiger partial charge in [0.1, 0.15) is 5.82 Å². The summed E-state index contributed by atoms with van der Waals surface area (Å²) in [6.45, 7) is 1.94. The molecule has 0 radical (unpaired) electrons. The lowest BCUT2D eigenvalue weighted by Crippen LogP contribution is -2.13. The van der Waals surface area contributed by atoms with E-state index in [2.05, 4.69) is 15.1 Å². The summed E-state index contributed by atoms with van der Waals surface area (Å²) in [6, 6.07) is 8.97. The molecule has 3 aromatic rings. The van der Waals surface area contributed by atoms with Crippen LogP contribution in [0.15, 0.2) is 47.5 Å². The molecule has 106 valence electrons. The summed E-state index contributed by atoms with van der Waals surface area (Å²) in [4.78, 5) is 18.7. The largest absolute Gasteiger partial charge is 0.399 e. The van der Waals surface area contributed by atoms with Crippen molar-refractivity contribution in [2.45, 2.75) is 13.3 Å². The highest BCUT2D eigenvalue weighted by molar-refractivity contribution is 5.64. The molecular weight excluding hydrogens is 266 g/mol. The van der Waals surface area contributed by atoms with E-state index in [1.54, 1.807) is 10.9 Å². The second-order valence-corrected chi connectivity index (χ2v) is 4.70. The van der Waals surface area contributed by atoms with Gasteiger partial charge in [0.25, 0.3) is 5.56 Å². The van der Waals surface area contributed by atoms with Crippen LogP contribution >= 0.6 is 0 Å². The molecule has 0 bridgehead atoms. The van der Waals surface area contributed by atoms with Gasteiger partial charge in [-0.25, -0.2) is 9.67 Å². The first-order chi connectivity index (χ1) is 10.2.